The molecule has 1 fully saturated rings. The van der Waals surface area contributed by atoms with Crippen LogP contribution in [0.2, 0.25) is 0 Å². The number of halogens is 3. The van der Waals surface area contributed by atoms with Gasteiger partial charge in [-0.25, -0.2) is 4.98 Å². The predicted octanol–water partition coefficient (Wildman–Crippen LogP) is 2.51. The molecule has 138 valence electrons. The first kappa shape index (κ1) is 18.0. The number of hydrogen-bond donors (Lipinski definition) is 3. The maximum absolute atomic E-state index is 13.1. The minimum Gasteiger partial charge on any atom is -0.388 e. The van der Waals surface area contributed by atoms with Crippen LogP contribution < -0.4 is 5.32 Å². The van der Waals surface area contributed by atoms with Crippen molar-refractivity contribution in [1.29, 1.82) is 0 Å². The third kappa shape index (κ3) is 3.19. The molecule has 4 atom stereocenters. The molecule has 0 unspecified atom stereocenters. The van der Waals surface area contributed by atoms with E-state index in [1.165, 1.54) is 10.6 Å². The number of nitrogens with zero attached hydrogens (tertiary/aromatic N) is 2. The highest BCUT2D eigenvalue weighted by molar-refractivity contribution is 5.80. The lowest BCUT2D eigenvalue weighted by Gasteiger charge is -2.21. The molecule has 0 aliphatic carbocycles. The van der Waals surface area contributed by atoms with Gasteiger partial charge in [-0.2, -0.15) is 13.2 Å². The van der Waals surface area contributed by atoms with Gasteiger partial charge in [-0.3, -0.25) is 4.57 Å². The van der Waals surface area contributed by atoms with Crippen molar-refractivity contribution in [3.05, 3.63) is 23.8 Å². The second kappa shape index (κ2) is 6.15. The van der Waals surface area contributed by atoms with E-state index in [4.69, 9.17) is 4.74 Å². The topological polar surface area (TPSA) is 79.5 Å². The van der Waals surface area contributed by atoms with Crippen molar-refractivity contribution >= 4 is 17.0 Å². The maximum atomic E-state index is 13.1. The van der Waals surface area contributed by atoms with E-state index in [-0.39, 0.29) is 17.5 Å². The van der Waals surface area contributed by atoms with Gasteiger partial charge in [0.25, 0.3) is 0 Å². The quantitative estimate of drug-likeness (QED) is 0.785. The number of imidazole rings is 1. The smallest absolute Gasteiger partial charge is 0.388 e. The van der Waals surface area contributed by atoms with Crippen molar-refractivity contribution in [1.82, 2.24) is 9.55 Å². The number of fused-ring (bicyclic) bond motifs is 1. The Balaban J connectivity index is 2.18. The fourth-order valence-electron chi connectivity index (χ4n) is 2.93. The number of aliphatic hydroxyl groups excluding tert-OH is 2. The molecule has 1 aromatic carbocycles. The van der Waals surface area contributed by atoms with E-state index in [1.54, 1.807) is 6.92 Å². The molecule has 0 amide bonds. The molecule has 9 heteroatoms. The predicted molar refractivity (Wildman–Crippen MR) is 85.1 cm³/mol. The van der Waals surface area contributed by atoms with Gasteiger partial charge < -0.3 is 20.3 Å². The van der Waals surface area contributed by atoms with Crippen molar-refractivity contribution in [2.45, 2.75) is 57.5 Å². The highest BCUT2D eigenvalue weighted by atomic mass is 19.4. The summed E-state index contributed by atoms with van der Waals surface area (Å²) in [4.78, 5) is 4.32. The molecule has 3 N–H and O–H groups in total. The van der Waals surface area contributed by atoms with Crippen molar-refractivity contribution < 1.29 is 28.1 Å². The van der Waals surface area contributed by atoms with Crippen molar-refractivity contribution in [2.75, 3.05) is 5.32 Å². The molecular formula is C16H20F3N3O3. The van der Waals surface area contributed by atoms with Crippen LogP contribution in [0.4, 0.5) is 19.1 Å². The molecule has 0 bridgehead atoms. The summed E-state index contributed by atoms with van der Waals surface area (Å²) >= 11 is 0. The van der Waals surface area contributed by atoms with Crippen LogP contribution in [-0.4, -0.2) is 44.1 Å². The Bertz CT molecular complexity index is 775. The van der Waals surface area contributed by atoms with E-state index in [9.17, 15) is 23.4 Å². The molecule has 1 saturated heterocycles. The number of benzene rings is 1. The zero-order valence-corrected chi connectivity index (χ0v) is 13.9. The second-order valence-electron chi connectivity index (χ2n) is 6.52. The number of aromatic nitrogens is 2. The van der Waals surface area contributed by atoms with Crippen LogP contribution in [-0.2, 0) is 10.9 Å². The van der Waals surface area contributed by atoms with Gasteiger partial charge in [0.2, 0.25) is 5.95 Å². The second-order valence-corrected chi connectivity index (χ2v) is 6.52. The summed E-state index contributed by atoms with van der Waals surface area (Å²) < 4.78 is 46.2. The molecule has 0 spiro atoms. The average molecular weight is 359 g/mol. The molecule has 6 nitrogen and oxygen atoms in total. The van der Waals surface area contributed by atoms with Crippen LogP contribution in [0, 0.1) is 0 Å². The molecule has 1 aliphatic heterocycles. The first-order valence-electron chi connectivity index (χ1n) is 7.97. The fourth-order valence-corrected chi connectivity index (χ4v) is 2.93. The molecule has 25 heavy (non-hydrogen) atoms. The first-order valence-corrected chi connectivity index (χ1v) is 7.97. The van der Waals surface area contributed by atoms with Crippen molar-refractivity contribution in [3.63, 3.8) is 0 Å². The number of alkyl halides is 3. The Morgan fingerprint density at radius 3 is 2.44 bits per heavy atom. The molecule has 0 radical (unpaired) electrons. The van der Waals surface area contributed by atoms with Crippen molar-refractivity contribution in [2.24, 2.45) is 0 Å². The van der Waals surface area contributed by atoms with E-state index in [2.05, 4.69) is 10.3 Å². The van der Waals surface area contributed by atoms with E-state index in [1.807, 2.05) is 13.8 Å². The summed E-state index contributed by atoms with van der Waals surface area (Å²) in [6, 6.07) is 3.17. The Labute approximate surface area is 142 Å². The van der Waals surface area contributed by atoms with Crippen LogP contribution in [0.3, 0.4) is 0 Å². The van der Waals surface area contributed by atoms with Gasteiger partial charge in [-0.15, -0.1) is 0 Å². The molecule has 0 saturated carbocycles. The molecule has 1 aliphatic rings. The zero-order valence-electron chi connectivity index (χ0n) is 13.9. The van der Waals surface area contributed by atoms with Gasteiger partial charge in [0.15, 0.2) is 6.23 Å². The first-order chi connectivity index (χ1) is 11.6. The summed E-state index contributed by atoms with van der Waals surface area (Å²) in [5.41, 5.74) is -0.317. The number of aliphatic hydroxyl groups is 2. The Morgan fingerprint density at radius 1 is 1.24 bits per heavy atom. The lowest BCUT2D eigenvalue weighted by molar-refractivity contribution is -0.137. The lowest BCUT2D eigenvalue weighted by atomic mass is 10.1. The van der Waals surface area contributed by atoms with Gasteiger partial charge in [-0.05, 0) is 39.0 Å². The normalized spacial score (nSPS) is 27.4. The third-order valence-corrected chi connectivity index (χ3v) is 4.17. The minimum atomic E-state index is -4.50. The number of anilines is 1. The highest BCUT2D eigenvalue weighted by Gasteiger charge is 2.43. The number of hydrogen-bond acceptors (Lipinski definition) is 5. The Hall–Kier alpha value is -1.84. The van der Waals surface area contributed by atoms with Crippen LogP contribution >= 0.6 is 0 Å². The summed E-state index contributed by atoms with van der Waals surface area (Å²) in [6.45, 7) is 5.30. The van der Waals surface area contributed by atoms with Gasteiger partial charge in [0.1, 0.15) is 12.2 Å². The van der Waals surface area contributed by atoms with Crippen LogP contribution in [0.25, 0.3) is 11.0 Å². The monoisotopic (exact) mass is 359 g/mol. The molecule has 1 aromatic heterocycles. The number of nitrogens with one attached hydrogen (secondary N) is 1. The molecular weight excluding hydrogens is 339 g/mol. The van der Waals surface area contributed by atoms with E-state index in [0.717, 1.165) is 12.1 Å². The van der Waals surface area contributed by atoms with E-state index in [0.29, 0.717) is 5.52 Å². The Morgan fingerprint density at radius 2 is 1.92 bits per heavy atom. The van der Waals surface area contributed by atoms with Crippen molar-refractivity contribution in [3.8, 4) is 0 Å². The van der Waals surface area contributed by atoms with Gasteiger partial charge >= 0.3 is 6.18 Å². The summed E-state index contributed by atoms with van der Waals surface area (Å²) in [7, 11) is 0. The SMILES string of the molecule is CC(C)Nc1nc2ccc(C(F)(F)F)cc2n1[C@@H]1O[C@H](C)[C@@H](O)[C@H]1O. The summed E-state index contributed by atoms with van der Waals surface area (Å²) in [6.07, 6.45) is -8.62. The Kier molecular flexibility index (Phi) is 4.42. The zero-order chi connectivity index (χ0) is 18.5. The largest absolute Gasteiger partial charge is 0.416 e. The fraction of sp³-hybridized carbons (Fsp3) is 0.562. The van der Waals surface area contributed by atoms with E-state index >= 15 is 0 Å². The van der Waals surface area contributed by atoms with Gasteiger partial charge in [0, 0.05) is 6.04 Å². The van der Waals surface area contributed by atoms with Gasteiger partial charge in [0.05, 0.1) is 22.7 Å². The molecule has 3 rings (SSSR count). The molecule has 2 aromatic rings. The summed E-state index contributed by atoms with van der Waals surface area (Å²) in [5, 5.41) is 23.3. The van der Waals surface area contributed by atoms with E-state index < -0.39 is 36.3 Å². The maximum Gasteiger partial charge on any atom is 0.416 e. The van der Waals surface area contributed by atoms with Crippen LogP contribution in [0.1, 0.15) is 32.6 Å². The standard InChI is InChI=1S/C16H20F3N3O3/c1-7(2)20-15-21-10-5-4-9(16(17,18)19)6-11(10)22(15)14-13(24)12(23)8(3)25-14/h4-8,12-14,23-24H,1-3H3,(H,20,21)/t8-,12-,13-,14-/m1/s1. The summed E-state index contributed by atoms with van der Waals surface area (Å²) in [5.74, 6) is 0.273. The number of ether oxygens (including phenoxy) is 1. The minimum absolute atomic E-state index is 0.0430. The number of rotatable bonds is 3. The van der Waals surface area contributed by atoms with Crippen LogP contribution in [0.15, 0.2) is 18.2 Å². The average Bonchev–Trinajstić information content (AvgIpc) is 2.97. The highest BCUT2D eigenvalue weighted by Crippen LogP contribution is 2.37. The van der Waals surface area contributed by atoms with Gasteiger partial charge in [-0.1, -0.05) is 0 Å². The lowest BCUT2D eigenvalue weighted by Crippen LogP contribution is -2.31. The van der Waals surface area contributed by atoms with Crippen LogP contribution in [0.5, 0.6) is 0 Å². The third-order valence-electron chi connectivity index (χ3n) is 4.17. The molecule has 2 heterocycles.